The molecule has 0 unspecified atom stereocenters. The van der Waals surface area contributed by atoms with E-state index in [0.29, 0.717) is 6.61 Å². The molecule has 112 valence electrons. The van der Waals surface area contributed by atoms with Gasteiger partial charge in [0, 0.05) is 15.4 Å². The van der Waals surface area contributed by atoms with Crippen LogP contribution in [0.3, 0.4) is 0 Å². The molecule has 0 aliphatic rings. The maximum Gasteiger partial charge on any atom is 0.161 e. The average Bonchev–Trinajstić information content (AvgIpc) is 2.53. The second-order valence-electron chi connectivity index (χ2n) is 4.36. The van der Waals surface area contributed by atoms with E-state index >= 15 is 0 Å². The van der Waals surface area contributed by atoms with Crippen LogP contribution in [0.4, 0.5) is 0 Å². The monoisotopic (exact) mass is 414 g/mol. The third-order valence-corrected chi connectivity index (χ3v) is 4.44. The predicted molar refractivity (Wildman–Crippen MR) is 90.7 cm³/mol. The Bertz CT molecular complexity index is 614. The molecule has 0 heterocycles. The number of methoxy groups -OCH3 is 2. The van der Waals surface area contributed by atoms with Gasteiger partial charge in [0.2, 0.25) is 0 Å². The van der Waals surface area contributed by atoms with Crippen LogP contribution in [0, 0.1) is 0 Å². The summed E-state index contributed by atoms with van der Waals surface area (Å²) in [6.07, 6.45) is 0. The molecule has 0 fully saturated rings. The molecule has 0 aliphatic heterocycles. The Balaban J connectivity index is 2.19. The van der Waals surface area contributed by atoms with Crippen molar-refractivity contribution in [2.24, 2.45) is 0 Å². The minimum Gasteiger partial charge on any atom is -0.497 e. The van der Waals surface area contributed by atoms with E-state index < -0.39 is 0 Å². The fourth-order valence-electron chi connectivity index (χ4n) is 1.86. The number of alkyl halides is 1. The molecule has 2 aromatic carbocycles. The normalized spacial score (nSPS) is 10.3. The third kappa shape index (κ3) is 4.14. The van der Waals surface area contributed by atoms with Crippen LogP contribution in [0.1, 0.15) is 11.1 Å². The van der Waals surface area contributed by atoms with Crippen LogP contribution < -0.4 is 14.2 Å². The van der Waals surface area contributed by atoms with Crippen molar-refractivity contribution >= 4 is 31.9 Å². The molecule has 0 atom stereocenters. The molecular formula is C16H16Br2O3. The molecule has 0 amide bonds. The summed E-state index contributed by atoms with van der Waals surface area (Å²) < 4.78 is 17.5. The Morgan fingerprint density at radius 3 is 2.43 bits per heavy atom. The van der Waals surface area contributed by atoms with Crippen LogP contribution in [0.25, 0.3) is 0 Å². The summed E-state index contributed by atoms with van der Waals surface area (Å²) in [4.78, 5) is 0. The summed E-state index contributed by atoms with van der Waals surface area (Å²) >= 11 is 6.97. The Labute approximate surface area is 141 Å². The van der Waals surface area contributed by atoms with E-state index in [4.69, 9.17) is 14.2 Å². The quantitative estimate of drug-likeness (QED) is 0.625. The first-order chi connectivity index (χ1) is 10.2. The molecule has 3 nitrogen and oxygen atoms in total. The van der Waals surface area contributed by atoms with E-state index in [1.165, 1.54) is 0 Å². The number of hydrogen-bond donors (Lipinski definition) is 0. The second kappa shape index (κ2) is 7.71. The fourth-order valence-corrected chi connectivity index (χ4v) is 2.57. The molecule has 0 radical (unpaired) electrons. The first-order valence-corrected chi connectivity index (χ1v) is 8.27. The third-order valence-electron chi connectivity index (χ3n) is 3.02. The fraction of sp³-hybridized carbons (Fsp3) is 0.250. The first-order valence-electron chi connectivity index (χ1n) is 6.36. The van der Waals surface area contributed by atoms with Crippen molar-refractivity contribution in [1.29, 1.82) is 0 Å². The second-order valence-corrected chi connectivity index (χ2v) is 5.78. The Morgan fingerprint density at radius 1 is 0.952 bits per heavy atom. The van der Waals surface area contributed by atoms with E-state index in [1.807, 2.05) is 36.4 Å². The first kappa shape index (κ1) is 16.2. The van der Waals surface area contributed by atoms with Gasteiger partial charge in [0.05, 0.1) is 14.2 Å². The Morgan fingerprint density at radius 2 is 1.76 bits per heavy atom. The molecule has 0 bridgehead atoms. The van der Waals surface area contributed by atoms with Crippen LogP contribution in [0.15, 0.2) is 40.9 Å². The van der Waals surface area contributed by atoms with Gasteiger partial charge >= 0.3 is 0 Å². The Kier molecular flexibility index (Phi) is 5.94. The highest BCUT2D eigenvalue weighted by Crippen LogP contribution is 2.31. The molecule has 0 aliphatic carbocycles. The Hall–Kier alpha value is -1.20. The summed E-state index contributed by atoms with van der Waals surface area (Å²) in [5.74, 6) is 2.25. The van der Waals surface area contributed by atoms with E-state index in [-0.39, 0.29) is 0 Å². The zero-order valence-corrected chi connectivity index (χ0v) is 15.0. The average molecular weight is 416 g/mol. The van der Waals surface area contributed by atoms with Gasteiger partial charge in [0.1, 0.15) is 12.4 Å². The summed E-state index contributed by atoms with van der Waals surface area (Å²) in [6, 6.07) is 11.7. The van der Waals surface area contributed by atoms with E-state index in [9.17, 15) is 0 Å². The summed E-state index contributed by atoms with van der Waals surface area (Å²) in [5.41, 5.74) is 2.15. The minimum absolute atomic E-state index is 0.430. The largest absolute Gasteiger partial charge is 0.497 e. The van der Waals surface area contributed by atoms with Gasteiger partial charge in [-0.2, -0.15) is 0 Å². The highest BCUT2D eigenvalue weighted by molar-refractivity contribution is 9.10. The lowest BCUT2D eigenvalue weighted by atomic mass is 10.2. The molecule has 21 heavy (non-hydrogen) atoms. The number of halogens is 2. The van der Waals surface area contributed by atoms with Crippen LogP contribution in [-0.2, 0) is 11.9 Å². The smallest absolute Gasteiger partial charge is 0.161 e. The number of rotatable bonds is 6. The molecule has 0 spiro atoms. The van der Waals surface area contributed by atoms with Crippen molar-refractivity contribution < 1.29 is 14.2 Å². The number of hydrogen-bond acceptors (Lipinski definition) is 3. The molecular weight excluding hydrogens is 400 g/mol. The standard InChI is InChI=1S/C16H16Br2O3/c1-19-13-4-5-14(18)12(8-13)10-21-16-7-11(9-17)3-6-15(16)20-2/h3-8H,9-10H2,1-2H3. The highest BCUT2D eigenvalue weighted by Gasteiger charge is 2.08. The van der Waals surface area contributed by atoms with Gasteiger partial charge in [0.25, 0.3) is 0 Å². The van der Waals surface area contributed by atoms with Gasteiger partial charge in [-0.15, -0.1) is 0 Å². The zero-order valence-electron chi connectivity index (χ0n) is 11.9. The van der Waals surface area contributed by atoms with Crippen LogP contribution in [0.2, 0.25) is 0 Å². The number of ether oxygens (including phenoxy) is 3. The van der Waals surface area contributed by atoms with Gasteiger partial charge in [-0.3, -0.25) is 0 Å². The number of benzene rings is 2. The van der Waals surface area contributed by atoms with Gasteiger partial charge in [0.15, 0.2) is 11.5 Å². The summed E-state index contributed by atoms with van der Waals surface area (Å²) in [7, 11) is 3.29. The lowest BCUT2D eigenvalue weighted by Gasteiger charge is -2.13. The maximum atomic E-state index is 5.91. The SMILES string of the molecule is COc1ccc(Br)c(COc2cc(CBr)ccc2OC)c1. The van der Waals surface area contributed by atoms with Crippen molar-refractivity contribution in [2.75, 3.05) is 14.2 Å². The van der Waals surface area contributed by atoms with Gasteiger partial charge in [-0.05, 0) is 35.9 Å². The van der Waals surface area contributed by atoms with Crippen LogP contribution in [-0.4, -0.2) is 14.2 Å². The molecule has 0 saturated heterocycles. The minimum atomic E-state index is 0.430. The molecule has 0 N–H and O–H groups in total. The van der Waals surface area contributed by atoms with Gasteiger partial charge in [-0.25, -0.2) is 0 Å². The topological polar surface area (TPSA) is 27.7 Å². The molecule has 0 aromatic heterocycles. The van der Waals surface area contributed by atoms with Crippen molar-refractivity contribution in [3.05, 3.63) is 52.0 Å². The van der Waals surface area contributed by atoms with Crippen LogP contribution >= 0.6 is 31.9 Å². The molecule has 5 heteroatoms. The predicted octanol–water partition coefficient (Wildman–Crippen LogP) is 4.94. The molecule has 2 aromatic rings. The molecule has 0 saturated carbocycles. The maximum absolute atomic E-state index is 5.91. The zero-order chi connectivity index (χ0) is 15.2. The van der Waals surface area contributed by atoms with Gasteiger partial charge < -0.3 is 14.2 Å². The lowest BCUT2D eigenvalue weighted by molar-refractivity contribution is 0.283. The summed E-state index contributed by atoms with van der Waals surface area (Å²) in [5, 5.41) is 0.774. The molecule has 2 rings (SSSR count). The highest BCUT2D eigenvalue weighted by atomic mass is 79.9. The van der Waals surface area contributed by atoms with Crippen molar-refractivity contribution in [1.82, 2.24) is 0 Å². The van der Waals surface area contributed by atoms with Crippen molar-refractivity contribution in [3.8, 4) is 17.2 Å². The van der Waals surface area contributed by atoms with E-state index in [0.717, 1.165) is 38.2 Å². The van der Waals surface area contributed by atoms with Crippen LogP contribution in [0.5, 0.6) is 17.2 Å². The van der Waals surface area contributed by atoms with Crippen molar-refractivity contribution in [3.63, 3.8) is 0 Å². The van der Waals surface area contributed by atoms with Crippen molar-refractivity contribution in [2.45, 2.75) is 11.9 Å². The van der Waals surface area contributed by atoms with E-state index in [2.05, 4.69) is 31.9 Å². The van der Waals surface area contributed by atoms with E-state index in [1.54, 1.807) is 14.2 Å². The summed E-state index contributed by atoms with van der Waals surface area (Å²) in [6.45, 7) is 0.430. The van der Waals surface area contributed by atoms with Gasteiger partial charge in [-0.1, -0.05) is 37.9 Å². The lowest BCUT2D eigenvalue weighted by Crippen LogP contribution is -1.99.